The first-order chi connectivity index (χ1) is 16.2. The molecule has 3 aromatic rings. The predicted molar refractivity (Wildman–Crippen MR) is 131 cm³/mol. The number of para-hydroxylation sites is 1. The van der Waals surface area contributed by atoms with Crippen LogP contribution in [0.3, 0.4) is 0 Å². The number of aliphatic hydroxyl groups excluding tert-OH is 2. The van der Waals surface area contributed by atoms with Crippen LogP contribution in [0.1, 0.15) is 36.6 Å². The molecule has 5 rings (SSSR count). The summed E-state index contributed by atoms with van der Waals surface area (Å²) >= 11 is 0. The summed E-state index contributed by atoms with van der Waals surface area (Å²) in [5.74, 6) is -0.323. The summed E-state index contributed by atoms with van der Waals surface area (Å²) in [7, 11) is 3.66. The molecular formula is C27H31N3O4. The first-order valence-electron chi connectivity index (χ1n) is 11.5. The van der Waals surface area contributed by atoms with Crippen molar-refractivity contribution in [3.05, 3.63) is 77.1 Å². The second kappa shape index (κ2) is 7.89. The third-order valence-corrected chi connectivity index (χ3v) is 7.53. The van der Waals surface area contributed by atoms with Gasteiger partial charge in [-0.1, -0.05) is 38.1 Å². The molecule has 2 aliphatic rings. The molecule has 1 saturated carbocycles. The predicted octanol–water partition coefficient (Wildman–Crippen LogP) is 3.64. The molecule has 7 nitrogen and oxygen atoms in total. The smallest absolute Gasteiger partial charge is 0.218 e. The molecule has 0 amide bonds. The molecule has 0 radical (unpaired) electrons. The summed E-state index contributed by atoms with van der Waals surface area (Å²) < 4.78 is 6.87. The molecule has 2 atom stereocenters. The Morgan fingerprint density at radius 2 is 1.74 bits per heavy atom. The zero-order valence-corrected chi connectivity index (χ0v) is 20.1. The molecule has 1 aliphatic carbocycles. The van der Waals surface area contributed by atoms with Crippen LogP contribution in [0.15, 0.2) is 60.3 Å². The van der Waals surface area contributed by atoms with Crippen molar-refractivity contribution in [2.45, 2.75) is 44.3 Å². The molecule has 0 saturated heterocycles. The number of rotatable bonds is 4. The minimum absolute atomic E-state index is 0.0456. The molecule has 3 N–H and O–H groups in total. The van der Waals surface area contributed by atoms with Crippen molar-refractivity contribution < 1.29 is 20.1 Å². The number of fused-ring (bicyclic) bond motifs is 1. The van der Waals surface area contributed by atoms with Gasteiger partial charge in [-0.2, -0.15) is 5.10 Å². The highest BCUT2D eigenvalue weighted by molar-refractivity contribution is 5.71. The molecule has 34 heavy (non-hydrogen) atoms. The highest BCUT2D eigenvalue weighted by atomic mass is 16.5. The van der Waals surface area contributed by atoms with Gasteiger partial charge in [0.15, 0.2) is 0 Å². The van der Waals surface area contributed by atoms with E-state index in [4.69, 9.17) is 4.74 Å². The Bertz CT molecular complexity index is 1250. The zero-order chi connectivity index (χ0) is 24.4. The van der Waals surface area contributed by atoms with Crippen LogP contribution in [0.25, 0.3) is 5.69 Å². The Hall–Kier alpha value is -3.29. The second-order valence-corrected chi connectivity index (χ2v) is 9.77. The van der Waals surface area contributed by atoms with Gasteiger partial charge < -0.3 is 25.0 Å². The molecule has 1 aliphatic heterocycles. The van der Waals surface area contributed by atoms with E-state index >= 15 is 0 Å². The van der Waals surface area contributed by atoms with Gasteiger partial charge in [-0.25, -0.2) is 4.68 Å². The molecule has 2 heterocycles. The maximum Gasteiger partial charge on any atom is 0.218 e. The lowest BCUT2D eigenvalue weighted by Gasteiger charge is -2.46. The maximum absolute atomic E-state index is 11.1. The number of aryl methyl sites for hydroxylation is 1. The fourth-order valence-corrected chi connectivity index (χ4v) is 5.57. The maximum atomic E-state index is 11.1. The monoisotopic (exact) mass is 461 g/mol. The number of anilines is 1. The van der Waals surface area contributed by atoms with Crippen molar-refractivity contribution >= 4 is 5.69 Å². The van der Waals surface area contributed by atoms with Gasteiger partial charge in [0.1, 0.15) is 5.75 Å². The first kappa shape index (κ1) is 22.5. The number of likely N-dealkylation sites (N-methyl/N-ethyl adjacent to an activating group) is 1. The number of aromatic hydroxyl groups is 1. The molecule has 178 valence electrons. The number of benzene rings is 2. The summed E-state index contributed by atoms with van der Waals surface area (Å²) in [6, 6.07) is 15.3. The van der Waals surface area contributed by atoms with E-state index < -0.39 is 24.0 Å². The van der Waals surface area contributed by atoms with Crippen LogP contribution in [-0.4, -0.2) is 51.5 Å². The van der Waals surface area contributed by atoms with E-state index in [-0.39, 0.29) is 11.3 Å². The van der Waals surface area contributed by atoms with Gasteiger partial charge in [0, 0.05) is 41.2 Å². The molecule has 2 unspecified atom stereocenters. The minimum atomic E-state index is -0.844. The van der Waals surface area contributed by atoms with E-state index in [1.165, 1.54) is 4.68 Å². The van der Waals surface area contributed by atoms with Gasteiger partial charge in [0.05, 0.1) is 30.7 Å². The zero-order valence-electron chi connectivity index (χ0n) is 20.1. The van der Waals surface area contributed by atoms with E-state index in [9.17, 15) is 15.3 Å². The van der Waals surface area contributed by atoms with Gasteiger partial charge >= 0.3 is 0 Å². The van der Waals surface area contributed by atoms with Crippen LogP contribution in [0.5, 0.6) is 11.6 Å². The quantitative estimate of drug-likeness (QED) is 0.550. The summed E-state index contributed by atoms with van der Waals surface area (Å²) in [6.07, 6.45) is 0.290. The molecule has 0 spiro atoms. The Labute approximate surface area is 199 Å². The summed E-state index contributed by atoms with van der Waals surface area (Å²) in [5.41, 5.74) is 4.71. The van der Waals surface area contributed by atoms with E-state index in [1.807, 2.05) is 61.7 Å². The van der Waals surface area contributed by atoms with Crippen molar-refractivity contribution in [2.24, 2.45) is 5.92 Å². The van der Waals surface area contributed by atoms with Crippen molar-refractivity contribution in [1.82, 2.24) is 9.78 Å². The Balaban J connectivity index is 1.46. The average Bonchev–Trinajstić information content (AvgIpc) is 3.22. The summed E-state index contributed by atoms with van der Waals surface area (Å²) in [6.45, 7) is 6.06. The van der Waals surface area contributed by atoms with Crippen molar-refractivity contribution in [3.63, 3.8) is 0 Å². The Kier molecular flexibility index (Phi) is 5.22. The van der Waals surface area contributed by atoms with E-state index in [0.29, 0.717) is 11.3 Å². The van der Waals surface area contributed by atoms with Crippen molar-refractivity contribution in [3.8, 4) is 17.3 Å². The van der Waals surface area contributed by atoms with E-state index in [1.54, 1.807) is 14.0 Å². The molecule has 1 aromatic heterocycles. The molecular weight excluding hydrogens is 430 g/mol. The van der Waals surface area contributed by atoms with Crippen LogP contribution < -0.4 is 9.64 Å². The van der Waals surface area contributed by atoms with E-state index in [0.717, 1.165) is 28.4 Å². The Morgan fingerprint density at radius 3 is 2.38 bits per heavy atom. The number of ether oxygens (including phenoxy) is 1. The van der Waals surface area contributed by atoms with Gasteiger partial charge in [0.2, 0.25) is 5.88 Å². The SMILES string of the molecule is COc1ccc2c(c1)C(C)(C)/C(=C\C1C(O)C(c3c(C)nn(-c4ccccc4)c3O)C1O)N2C. The molecule has 0 bridgehead atoms. The third kappa shape index (κ3) is 3.15. The van der Waals surface area contributed by atoms with Crippen LogP contribution in [0.2, 0.25) is 0 Å². The normalized spacial score (nSPS) is 26.4. The van der Waals surface area contributed by atoms with Gasteiger partial charge in [-0.05, 0) is 42.8 Å². The number of aromatic nitrogens is 2. The topological polar surface area (TPSA) is 91.0 Å². The average molecular weight is 462 g/mol. The molecule has 1 fully saturated rings. The lowest BCUT2D eigenvalue weighted by Crippen LogP contribution is -2.53. The van der Waals surface area contributed by atoms with Crippen LogP contribution in [-0.2, 0) is 5.41 Å². The van der Waals surface area contributed by atoms with Crippen LogP contribution >= 0.6 is 0 Å². The number of hydrogen-bond acceptors (Lipinski definition) is 6. The lowest BCUT2D eigenvalue weighted by molar-refractivity contribution is -0.0955. The number of methoxy groups -OCH3 is 1. The van der Waals surface area contributed by atoms with Crippen molar-refractivity contribution in [1.29, 1.82) is 0 Å². The standard InChI is InChI=1S/C27H31N3O4/c1-15-22(26(33)30(28-15)16-9-7-6-8-10-16)23-24(31)18(25(23)32)14-21-27(2,3)19-13-17(34-5)11-12-20(19)29(21)4/h6-14,18,23-25,31-33H,1-5H3/b21-14+. The second-order valence-electron chi connectivity index (χ2n) is 9.77. The van der Waals surface area contributed by atoms with Gasteiger partial charge in [-0.3, -0.25) is 0 Å². The van der Waals surface area contributed by atoms with Gasteiger partial charge in [-0.15, -0.1) is 0 Å². The Morgan fingerprint density at radius 1 is 1.06 bits per heavy atom. The minimum Gasteiger partial charge on any atom is -0.497 e. The number of nitrogens with zero attached hydrogens (tertiary/aromatic N) is 3. The van der Waals surface area contributed by atoms with Crippen LogP contribution in [0, 0.1) is 12.8 Å². The summed E-state index contributed by atoms with van der Waals surface area (Å²) in [4.78, 5) is 2.11. The number of hydrogen-bond donors (Lipinski definition) is 3. The highest BCUT2D eigenvalue weighted by Gasteiger charge is 2.52. The lowest BCUT2D eigenvalue weighted by atomic mass is 9.64. The first-order valence-corrected chi connectivity index (χ1v) is 11.5. The fourth-order valence-electron chi connectivity index (χ4n) is 5.57. The fraction of sp³-hybridized carbons (Fsp3) is 0.370. The summed E-state index contributed by atoms with van der Waals surface area (Å²) in [5, 5.41) is 37.7. The third-order valence-electron chi connectivity index (χ3n) is 7.53. The number of aliphatic hydroxyl groups is 2. The van der Waals surface area contributed by atoms with E-state index in [2.05, 4.69) is 23.8 Å². The number of allylic oxidation sites excluding steroid dienone is 1. The largest absolute Gasteiger partial charge is 0.497 e. The highest BCUT2D eigenvalue weighted by Crippen LogP contribution is 2.52. The van der Waals surface area contributed by atoms with Crippen molar-refractivity contribution in [2.75, 3.05) is 19.1 Å². The molecule has 2 aromatic carbocycles. The van der Waals surface area contributed by atoms with Gasteiger partial charge in [0.25, 0.3) is 0 Å². The molecule has 7 heteroatoms. The van der Waals surface area contributed by atoms with Crippen LogP contribution in [0.4, 0.5) is 5.69 Å².